The van der Waals surface area contributed by atoms with Crippen molar-refractivity contribution in [3.63, 3.8) is 0 Å². The van der Waals surface area contributed by atoms with E-state index in [9.17, 15) is 0 Å². The SMILES string of the molecule is CCCCn1ccnc1NC1CCC1. The Kier molecular flexibility index (Phi) is 3.07. The van der Waals surface area contributed by atoms with Crippen LogP contribution in [0.3, 0.4) is 0 Å². The smallest absolute Gasteiger partial charge is 0.202 e. The third-order valence-electron chi connectivity index (χ3n) is 2.91. The van der Waals surface area contributed by atoms with E-state index in [2.05, 4.69) is 28.0 Å². The van der Waals surface area contributed by atoms with Gasteiger partial charge in [0.1, 0.15) is 0 Å². The Balaban J connectivity index is 1.90. The Morgan fingerprint density at radius 2 is 2.43 bits per heavy atom. The molecular weight excluding hydrogens is 174 g/mol. The Bertz CT molecular complexity index is 276. The van der Waals surface area contributed by atoms with Crippen molar-refractivity contribution in [2.75, 3.05) is 5.32 Å². The van der Waals surface area contributed by atoms with Crippen LogP contribution in [0.1, 0.15) is 39.0 Å². The van der Waals surface area contributed by atoms with Crippen molar-refractivity contribution < 1.29 is 0 Å². The first-order valence-electron chi connectivity index (χ1n) is 5.68. The summed E-state index contributed by atoms with van der Waals surface area (Å²) in [6.45, 7) is 3.31. The zero-order valence-electron chi connectivity index (χ0n) is 8.87. The van der Waals surface area contributed by atoms with Gasteiger partial charge in [-0.25, -0.2) is 4.98 Å². The van der Waals surface area contributed by atoms with Crippen LogP contribution in [0.25, 0.3) is 0 Å². The first-order chi connectivity index (χ1) is 6.90. The number of nitrogens with one attached hydrogen (secondary N) is 1. The van der Waals surface area contributed by atoms with Gasteiger partial charge in [-0.05, 0) is 25.7 Å². The summed E-state index contributed by atoms with van der Waals surface area (Å²) in [4.78, 5) is 4.34. The number of hydrogen-bond acceptors (Lipinski definition) is 2. The Hall–Kier alpha value is -0.990. The third kappa shape index (κ3) is 2.08. The molecule has 0 radical (unpaired) electrons. The molecule has 0 saturated heterocycles. The van der Waals surface area contributed by atoms with E-state index in [1.807, 2.05) is 6.20 Å². The van der Waals surface area contributed by atoms with Crippen molar-refractivity contribution in [2.45, 2.75) is 51.6 Å². The van der Waals surface area contributed by atoms with E-state index in [0.717, 1.165) is 12.5 Å². The average molecular weight is 193 g/mol. The summed E-state index contributed by atoms with van der Waals surface area (Å²) in [5, 5.41) is 3.49. The Morgan fingerprint density at radius 3 is 3.07 bits per heavy atom. The molecule has 78 valence electrons. The maximum absolute atomic E-state index is 4.34. The van der Waals surface area contributed by atoms with Gasteiger partial charge in [0.2, 0.25) is 5.95 Å². The van der Waals surface area contributed by atoms with Crippen LogP contribution >= 0.6 is 0 Å². The van der Waals surface area contributed by atoms with Crippen LogP contribution < -0.4 is 5.32 Å². The molecule has 1 heterocycles. The van der Waals surface area contributed by atoms with Crippen LogP contribution in [0.5, 0.6) is 0 Å². The summed E-state index contributed by atoms with van der Waals surface area (Å²) in [6.07, 6.45) is 10.4. The number of anilines is 1. The minimum absolute atomic E-state index is 0.678. The van der Waals surface area contributed by atoms with Crippen molar-refractivity contribution in [1.29, 1.82) is 0 Å². The quantitative estimate of drug-likeness (QED) is 0.779. The molecule has 0 aliphatic heterocycles. The van der Waals surface area contributed by atoms with E-state index in [1.165, 1.54) is 32.1 Å². The maximum atomic E-state index is 4.34. The van der Waals surface area contributed by atoms with E-state index in [4.69, 9.17) is 0 Å². The van der Waals surface area contributed by atoms with Gasteiger partial charge < -0.3 is 9.88 Å². The van der Waals surface area contributed by atoms with Crippen LogP contribution in [-0.2, 0) is 6.54 Å². The monoisotopic (exact) mass is 193 g/mol. The molecule has 1 saturated carbocycles. The van der Waals surface area contributed by atoms with Crippen molar-refractivity contribution in [3.05, 3.63) is 12.4 Å². The fourth-order valence-electron chi connectivity index (χ4n) is 1.69. The van der Waals surface area contributed by atoms with Crippen molar-refractivity contribution in [2.24, 2.45) is 0 Å². The number of hydrogen-bond donors (Lipinski definition) is 1. The largest absolute Gasteiger partial charge is 0.353 e. The second-order valence-corrected chi connectivity index (χ2v) is 4.07. The summed E-state index contributed by atoms with van der Waals surface area (Å²) < 4.78 is 2.22. The van der Waals surface area contributed by atoms with Gasteiger partial charge in [-0.2, -0.15) is 0 Å². The molecule has 0 atom stereocenters. The van der Waals surface area contributed by atoms with Crippen molar-refractivity contribution >= 4 is 5.95 Å². The molecular formula is C11H19N3. The first-order valence-corrected chi connectivity index (χ1v) is 5.68. The molecule has 0 aromatic carbocycles. The lowest BCUT2D eigenvalue weighted by Gasteiger charge is -2.27. The fourth-order valence-corrected chi connectivity index (χ4v) is 1.69. The number of rotatable bonds is 5. The summed E-state index contributed by atoms with van der Waals surface area (Å²) in [5.41, 5.74) is 0. The van der Waals surface area contributed by atoms with Crippen molar-refractivity contribution in [1.82, 2.24) is 9.55 Å². The van der Waals surface area contributed by atoms with Crippen LogP contribution in [0.4, 0.5) is 5.95 Å². The number of aryl methyl sites for hydroxylation is 1. The van der Waals surface area contributed by atoms with E-state index < -0.39 is 0 Å². The molecule has 0 bridgehead atoms. The number of imidazole rings is 1. The highest BCUT2D eigenvalue weighted by atomic mass is 15.2. The van der Waals surface area contributed by atoms with Gasteiger partial charge in [-0.15, -0.1) is 0 Å². The molecule has 0 amide bonds. The fraction of sp³-hybridized carbons (Fsp3) is 0.727. The molecule has 1 aliphatic carbocycles. The molecule has 1 aromatic heterocycles. The van der Waals surface area contributed by atoms with Gasteiger partial charge in [0.15, 0.2) is 0 Å². The predicted molar refractivity (Wildman–Crippen MR) is 58.4 cm³/mol. The molecule has 1 N–H and O–H groups in total. The van der Waals surface area contributed by atoms with E-state index >= 15 is 0 Å². The van der Waals surface area contributed by atoms with Crippen LogP contribution in [-0.4, -0.2) is 15.6 Å². The Labute approximate surface area is 85.5 Å². The molecule has 1 fully saturated rings. The molecule has 3 nitrogen and oxygen atoms in total. The van der Waals surface area contributed by atoms with Gasteiger partial charge in [-0.3, -0.25) is 0 Å². The first kappa shape index (κ1) is 9.56. The summed E-state index contributed by atoms with van der Waals surface area (Å²) in [5.74, 6) is 1.06. The van der Waals surface area contributed by atoms with Gasteiger partial charge in [0.25, 0.3) is 0 Å². The van der Waals surface area contributed by atoms with E-state index in [1.54, 1.807) is 0 Å². The lowest BCUT2D eigenvalue weighted by atomic mass is 9.93. The second-order valence-electron chi connectivity index (χ2n) is 4.07. The summed E-state index contributed by atoms with van der Waals surface area (Å²) >= 11 is 0. The van der Waals surface area contributed by atoms with Crippen LogP contribution in [0, 0.1) is 0 Å². The third-order valence-corrected chi connectivity index (χ3v) is 2.91. The van der Waals surface area contributed by atoms with Gasteiger partial charge in [-0.1, -0.05) is 13.3 Å². The lowest BCUT2D eigenvalue weighted by Crippen LogP contribution is -2.28. The summed E-state index contributed by atoms with van der Waals surface area (Å²) in [6, 6.07) is 0.678. The number of unbranched alkanes of at least 4 members (excludes halogenated alkanes) is 1. The molecule has 3 heteroatoms. The molecule has 0 unspecified atom stereocenters. The second kappa shape index (κ2) is 4.49. The highest BCUT2D eigenvalue weighted by Gasteiger charge is 2.18. The molecule has 1 aromatic rings. The number of nitrogens with zero attached hydrogens (tertiary/aromatic N) is 2. The lowest BCUT2D eigenvalue weighted by molar-refractivity contribution is 0.440. The summed E-state index contributed by atoms with van der Waals surface area (Å²) in [7, 11) is 0. The van der Waals surface area contributed by atoms with Gasteiger partial charge >= 0.3 is 0 Å². The number of aromatic nitrogens is 2. The van der Waals surface area contributed by atoms with Crippen molar-refractivity contribution in [3.8, 4) is 0 Å². The Morgan fingerprint density at radius 1 is 1.57 bits per heavy atom. The normalized spacial score (nSPS) is 16.6. The molecule has 1 aliphatic rings. The minimum Gasteiger partial charge on any atom is -0.353 e. The molecule has 0 spiro atoms. The maximum Gasteiger partial charge on any atom is 0.202 e. The van der Waals surface area contributed by atoms with Gasteiger partial charge in [0, 0.05) is 25.0 Å². The van der Waals surface area contributed by atoms with Crippen LogP contribution in [0.15, 0.2) is 12.4 Å². The minimum atomic E-state index is 0.678. The standard InChI is InChI=1S/C11H19N3/c1-2-3-8-14-9-7-12-11(14)13-10-5-4-6-10/h7,9-10H,2-6,8H2,1H3,(H,12,13). The zero-order chi connectivity index (χ0) is 9.80. The molecule has 2 rings (SSSR count). The van der Waals surface area contributed by atoms with E-state index in [-0.39, 0.29) is 0 Å². The predicted octanol–water partition coefficient (Wildman–Crippen LogP) is 2.65. The topological polar surface area (TPSA) is 29.9 Å². The molecule has 14 heavy (non-hydrogen) atoms. The van der Waals surface area contributed by atoms with Crippen LogP contribution in [0.2, 0.25) is 0 Å². The highest BCUT2D eigenvalue weighted by Crippen LogP contribution is 2.22. The zero-order valence-corrected chi connectivity index (χ0v) is 8.87. The van der Waals surface area contributed by atoms with Gasteiger partial charge in [0.05, 0.1) is 0 Å². The van der Waals surface area contributed by atoms with E-state index in [0.29, 0.717) is 6.04 Å². The highest BCUT2D eigenvalue weighted by molar-refractivity contribution is 5.28. The average Bonchev–Trinajstić information content (AvgIpc) is 2.55.